The number of aryl methyl sites for hydroxylation is 1. The molecule has 20 heavy (non-hydrogen) atoms. The monoisotopic (exact) mass is 270 g/mol. The minimum absolute atomic E-state index is 0.857. The SMILES string of the molecule is CCCNCc1ccc(-c2cccc(OC)c2)nc1C. The van der Waals surface area contributed by atoms with Gasteiger partial charge in [0, 0.05) is 17.8 Å². The molecule has 2 rings (SSSR count). The molecule has 1 N–H and O–H groups in total. The van der Waals surface area contributed by atoms with Crippen molar-refractivity contribution in [3.63, 3.8) is 0 Å². The highest BCUT2D eigenvalue weighted by molar-refractivity contribution is 5.61. The molecular weight excluding hydrogens is 248 g/mol. The van der Waals surface area contributed by atoms with Crippen LogP contribution in [0.3, 0.4) is 0 Å². The van der Waals surface area contributed by atoms with Crippen molar-refractivity contribution >= 4 is 0 Å². The van der Waals surface area contributed by atoms with E-state index >= 15 is 0 Å². The van der Waals surface area contributed by atoms with Gasteiger partial charge in [-0.2, -0.15) is 0 Å². The molecule has 1 aromatic carbocycles. The van der Waals surface area contributed by atoms with Gasteiger partial charge in [0.15, 0.2) is 0 Å². The number of ether oxygens (including phenoxy) is 1. The Bertz CT molecular complexity index is 567. The summed E-state index contributed by atoms with van der Waals surface area (Å²) in [6.45, 7) is 6.15. The maximum atomic E-state index is 5.26. The van der Waals surface area contributed by atoms with Gasteiger partial charge in [0.2, 0.25) is 0 Å². The van der Waals surface area contributed by atoms with Gasteiger partial charge in [-0.25, -0.2) is 0 Å². The van der Waals surface area contributed by atoms with Gasteiger partial charge < -0.3 is 10.1 Å². The third kappa shape index (κ3) is 3.58. The third-order valence-electron chi connectivity index (χ3n) is 3.30. The summed E-state index contributed by atoms with van der Waals surface area (Å²) in [4.78, 5) is 4.70. The van der Waals surface area contributed by atoms with Gasteiger partial charge in [-0.1, -0.05) is 25.1 Å². The zero-order chi connectivity index (χ0) is 14.4. The number of nitrogens with one attached hydrogen (secondary N) is 1. The van der Waals surface area contributed by atoms with E-state index in [4.69, 9.17) is 9.72 Å². The maximum Gasteiger partial charge on any atom is 0.119 e. The van der Waals surface area contributed by atoms with Crippen molar-refractivity contribution in [1.82, 2.24) is 10.3 Å². The van der Waals surface area contributed by atoms with Gasteiger partial charge in [-0.3, -0.25) is 4.98 Å². The number of methoxy groups -OCH3 is 1. The summed E-state index contributed by atoms with van der Waals surface area (Å²) in [7, 11) is 1.68. The molecule has 3 nitrogen and oxygen atoms in total. The average Bonchev–Trinajstić information content (AvgIpc) is 2.49. The molecule has 0 spiro atoms. The van der Waals surface area contributed by atoms with Gasteiger partial charge in [0.1, 0.15) is 5.75 Å². The van der Waals surface area contributed by atoms with Crippen LogP contribution in [-0.2, 0) is 6.54 Å². The fourth-order valence-corrected chi connectivity index (χ4v) is 2.12. The largest absolute Gasteiger partial charge is 0.497 e. The number of pyridine rings is 1. The molecule has 106 valence electrons. The second kappa shape index (κ2) is 7.06. The zero-order valence-corrected chi connectivity index (χ0v) is 12.4. The maximum absolute atomic E-state index is 5.26. The Balaban J connectivity index is 2.19. The summed E-state index contributed by atoms with van der Waals surface area (Å²) in [6.07, 6.45) is 1.15. The fourth-order valence-electron chi connectivity index (χ4n) is 2.12. The van der Waals surface area contributed by atoms with Crippen molar-refractivity contribution in [2.45, 2.75) is 26.8 Å². The summed E-state index contributed by atoms with van der Waals surface area (Å²) in [5, 5.41) is 3.41. The number of hydrogen-bond donors (Lipinski definition) is 1. The van der Waals surface area contributed by atoms with Crippen molar-refractivity contribution < 1.29 is 4.74 Å². The standard InChI is InChI=1S/C17H22N2O/c1-4-10-18-12-15-8-9-17(19-13(15)2)14-6-5-7-16(11-14)20-3/h5-9,11,18H,4,10,12H2,1-3H3. The summed E-state index contributed by atoms with van der Waals surface area (Å²) in [6, 6.07) is 12.2. The highest BCUT2D eigenvalue weighted by Crippen LogP contribution is 2.23. The first-order valence-electron chi connectivity index (χ1n) is 7.06. The number of hydrogen-bond acceptors (Lipinski definition) is 3. The molecule has 0 fully saturated rings. The smallest absolute Gasteiger partial charge is 0.119 e. The first kappa shape index (κ1) is 14.5. The molecule has 0 unspecified atom stereocenters. The van der Waals surface area contributed by atoms with E-state index in [1.54, 1.807) is 7.11 Å². The third-order valence-corrected chi connectivity index (χ3v) is 3.30. The molecular formula is C17H22N2O. The molecule has 0 radical (unpaired) electrons. The molecule has 0 saturated heterocycles. The Morgan fingerprint density at radius 1 is 1.20 bits per heavy atom. The van der Waals surface area contributed by atoms with Crippen LogP contribution in [0.4, 0.5) is 0 Å². The van der Waals surface area contributed by atoms with E-state index in [-0.39, 0.29) is 0 Å². The van der Waals surface area contributed by atoms with Crippen LogP contribution in [0, 0.1) is 6.92 Å². The number of rotatable bonds is 6. The number of benzene rings is 1. The highest BCUT2D eigenvalue weighted by Gasteiger charge is 2.05. The average molecular weight is 270 g/mol. The molecule has 0 bridgehead atoms. The van der Waals surface area contributed by atoms with Gasteiger partial charge in [0.25, 0.3) is 0 Å². The lowest BCUT2D eigenvalue weighted by molar-refractivity contribution is 0.415. The summed E-state index contributed by atoms with van der Waals surface area (Å²) < 4.78 is 5.26. The molecule has 0 saturated carbocycles. The van der Waals surface area contributed by atoms with Crippen LogP contribution < -0.4 is 10.1 Å². The first-order valence-corrected chi connectivity index (χ1v) is 7.06. The Hall–Kier alpha value is -1.87. The van der Waals surface area contributed by atoms with Crippen molar-refractivity contribution in [2.24, 2.45) is 0 Å². The van der Waals surface area contributed by atoms with Crippen molar-refractivity contribution in [3.8, 4) is 17.0 Å². The van der Waals surface area contributed by atoms with Gasteiger partial charge in [0.05, 0.1) is 12.8 Å². The molecule has 0 aliphatic rings. The van der Waals surface area contributed by atoms with E-state index in [2.05, 4.69) is 37.4 Å². The van der Waals surface area contributed by atoms with E-state index in [9.17, 15) is 0 Å². The first-order chi connectivity index (χ1) is 9.74. The van der Waals surface area contributed by atoms with E-state index in [1.165, 1.54) is 5.56 Å². The van der Waals surface area contributed by atoms with Crippen LogP contribution in [0.1, 0.15) is 24.6 Å². The molecule has 0 aliphatic heterocycles. The van der Waals surface area contributed by atoms with Gasteiger partial charge >= 0.3 is 0 Å². The van der Waals surface area contributed by atoms with E-state index in [1.807, 2.05) is 18.2 Å². The molecule has 3 heteroatoms. The lowest BCUT2D eigenvalue weighted by Gasteiger charge is -2.09. The molecule has 0 atom stereocenters. The predicted molar refractivity (Wildman–Crippen MR) is 83.0 cm³/mol. The van der Waals surface area contributed by atoms with Gasteiger partial charge in [-0.15, -0.1) is 0 Å². The fraction of sp³-hybridized carbons (Fsp3) is 0.353. The normalized spacial score (nSPS) is 10.6. The lowest BCUT2D eigenvalue weighted by atomic mass is 10.1. The second-order valence-electron chi connectivity index (χ2n) is 4.85. The molecule has 0 aliphatic carbocycles. The highest BCUT2D eigenvalue weighted by atomic mass is 16.5. The minimum Gasteiger partial charge on any atom is -0.497 e. The Labute approximate surface area is 121 Å². The van der Waals surface area contributed by atoms with Crippen molar-refractivity contribution in [2.75, 3.05) is 13.7 Å². The van der Waals surface area contributed by atoms with Crippen LogP contribution in [0.2, 0.25) is 0 Å². The quantitative estimate of drug-likeness (QED) is 0.815. The van der Waals surface area contributed by atoms with Crippen LogP contribution in [0.15, 0.2) is 36.4 Å². The van der Waals surface area contributed by atoms with Crippen molar-refractivity contribution in [3.05, 3.63) is 47.7 Å². The van der Waals surface area contributed by atoms with Crippen LogP contribution in [0.5, 0.6) is 5.75 Å². The van der Waals surface area contributed by atoms with Crippen molar-refractivity contribution in [1.29, 1.82) is 0 Å². The van der Waals surface area contributed by atoms with Gasteiger partial charge in [-0.05, 0) is 43.7 Å². The van der Waals surface area contributed by atoms with Crippen LogP contribution in [-0.4, -0.2) is 18.6 Å². The van der Waals surface area contributed by atoms with E-state index in [0.29, 0.717) is 0 Å². The van der Waals surface area contributed by atoms with E-state index in [0.717, 1.165) is 42.2 Å². The zero-order valence-electron chi connectivity index (χ0n) is 12.4. The van der Waals surface area contributed by atoms with E-state index < -0.39 is 0 Å². The predicted octanol–water partition coefficient (Wildman–Crippen LogP) is 3.57. The molecule has 1 aromatic heterocycles. The summed E-state index contributed by atoms with van der Waals surface area (Å²) in [5.41, 5.74) is 4.40. The summed E-state index contributed by atoms with van der Waals surface area (Å²) >= 11 is 0. The topological polar surface area (TPSA) is 34.1 Å². The lowest BCUT2D eigenvalue weighted by Crippen LogP contribution is -2.15. The minimum atomic E-state index is 0.857. The molecule has 0 amide bonds. The number of aromatic nitrogens is 1. The Kier molecular flexibility index (Phi) is 5.13. The Morgan fingerprint density at radius 2 is 2.05 bits per heavy atom. The second-order valence-corrected chi connectivity index (χ2v) is 4.85. The van der Waals surface area contributed by atoms with Crippen LogP contribution >= 0.6 is 0 Å². The van der Waals surface area contributed by atoms with Crippen LogP contribution in [0.25, 0.3) is 11.3 Å². The Morgan fingerprint density at radius 3 is 2.75 bits per heavy atom. The molecule has 2 aromatic rings. The summed E-state index contributed by atoms with van der Waals surface area (Å²) in [5.74, 6) is 0.857. The molecule has 1 heterocycles. The number of nitrogens with zero attached hydrogens (tertiary/aromatic N) is 1.